The van der Waals surface area contributed by atoms with E-state index in [1.54, 1.807) is 23.0 Å². The molecule has 136 valence electrons. The van der Waals surface area contributed by atoms with Gasteiger partial charge in [-0.2, -0.15) is 5.10 Å². The maximum absolute atomic E-state index is 13.0. The van der Waals surface area contributed by atoms with Crippen molar-refractivity contribution in [3.8, 4) is 0 Å². The molecular weight excluding hydrogens is 382 g/mol. The number of nitrogens with zero attached hydrogens (tertiary/aromatic N) is 6. The molecule has 5 heterocycles. The quantitative estimate of drug-likeness (QED) is 0.567. The van der Waals surface area contributed by atoms with Crippen LogP contribution in [0, 0.1) is 0 Å². The summed E-state index contributed by atoms with van der Waals surface area (Å²) in [5.41, 5.74) is 10.5. The van der Waals surface area contributed by atoms with Crippen LogP contribution in [0.5, 0.6) is 0 Å². The van der Waals surface area contributed by atoms with Crippen LogP contribution < -0.4 is 11.3 Å². The lowest BCUT2D eigenvalue weighted by molar-refractivity contribution is 0.636. The Balaban J connectivity index is 1.60. The molecule has 0 aromatic carbocycles. The highest BCUT2D eigenvalue weighted by molar-refractivity contribution is 7.19. The molecule has 10 heteroatoms. The number of hydrogen-bond acceptors (Lipinski definition) is 8. The average molecular weight is 397 g/mol. The van der Waals surface area contributed by atoms with Gasteiger partial charge in [0, 0.05) is 24.6 Å². The first-order valence-corrected chi connectivity index (χ1v) is 10.0. The van der Waals surface area contributed by atoms with Gasteiger partial charge >= 0.3 is 0 Å². The Morgan fingerprint density at radius 2 is 2.26 bits per heavy atom. The van der Waals surface area contributed by atoms with E-state index in [1.165, 1.54) is 16.0 Å². The van der Waals surface area contributed by atoms with E-state index < -0.39 is 0 Å². The van der Waals surface area contributed by atoms with E-state index in [0.717, 1.165) is 33.0 Å². The molecule has 4 aromatic rings. The third kappa shape index (κ3) is 2.60. The van der Waals surface area contributed by atoms with Crippen LogP contribution in [0.25, 0.3) is 21.3 Å². The molecule has 1 aliphatic rings. The highest BCUT2D eigenvalue weighted by atomic mass is 32.1. The Morgan fingerprint density at radius 1 is 1.37 bits per heavy atom. The molecule has 5 rings (SSSR count). The first-order chi connectivity index (χ1) is 13.1. The summed E-state index contributed by atoms with van der Waals surface area (Å²) in [7, 11) is 1.87. The first-order valence-electron chi connectivity index (χ1n) is 8.33. The number of nitrogens with two attached hydrogens (primary N) is 1. The number of thiazole rings is 2. The molecule has 0 aliphatic carbocycles. The van der Waals surface area contributed by atoms with Gasteiger partial charge in [-0.25, -0.2) is 14.6 Å². The molecule has 0 saturated carbocycles. The Morgan fingerprint density at radius 3 is 3.00 bits per heavy atom. The van der Waals surface area contributed by atoms with Crippen LogP contribution in [-0.2, 0) is 20.0 Å². The molecule has 0 radical (unpaired) electrons. The second-order valence-corrected chi connectivity index (χ2v) is 8.23. The van der Waals surface area contributed by atoms with Gasteiger partial charge in [-0.05, 0) is 6.08 Å². The highest BCUT2D eigenvalue weighted by Gasteiger charge is 2.19. The third-order valence-corrected chi connectivity index (χ3v) is 6.36. The van der Waals surface area contributed by atoms with Crippen molar-refractivity contribution in [3.63, 3.8) is 0 Å². The summed E-state index contributed by atoms with van der Waals surface area (Å²) in [4.78, 5) is 26.3. The van der Waals surface area contributed by atoms with Crippen LogP contribution >= 0.6 is 22.7 Å². The summed E-state index contributed by atoms with van der Waals surface area (Å²) in [6.45, 7) is 1.00. The molecular formula is C17H15N7OS2. The SMILES string of the molecule is Cn1c2nc(CC3=NCC=C3)sc2c2cnn(Cc3ncsc3N)c(=O)c21. The third-order valence-electron chi connectivity index (χ3n) is 4.58. The van der Waals surface area contributed by atoms with E-state index in [9.17, 15) is 4.79 Å². The molecule has 0 fully saturated rings. The predicted octanol–water partition coefficient (Wildman–Crippen LogP) is 1.98. The van der Waals surface area contributed by atoms with E-state index in [4.69, 9.17) is 10.7 Å². The molecule has 4 aromatic heterocycles. The zero-order valence-corrected chi connectivity index (χ0v) is 16.0. The van der Waals surface area contributed by atoms with Crippen LogP contribution in [0.15, 0.2) is 33.6 Å². The Labute approximate surface area is 161 Å². The van der Waals surface area contributed by atoms with Crippen molar-refractivity contribution in [2.45, 2.75) is 13.0 Å². The molecule has 1 aliphatic heterocycles. The fourth-order valence-corrected chi connectivity index (χ4v) is 4.91. The van der Waals surface area contributed by atoms with Gasteiger partial charge in [-0.15, -0.1) is 22.7 Å². The molecule has 27 heavy (non-hydrogen) atoms. The van der Waals surface area contributed by atoms with Gasteiger partial charge in [-0.1, -0.05) is 6.08 Å². The van der Waals surface area contributed by atoms with Crippen LogP contribution in [0.4, 0.5) is 5.00 Å². The standard InChI is InChI=1S/C17H15N7OS2/c1-23-13-10(6-21-24(17(13)25)7-11-15(18)26-8-20-11)14-16(23)22-12(27-14)5-9-3-2-4-19-9/h2-3,6,8H,4-5,7,18H2,1H3. The summed E-state index contributed by atoms with van der Waals surface area (Å²) < 4.78 is 4.23. The zero-order chi connectivity index (χ0) is 18.5. The average Bonchev–Trinajstić information content (AvgIpc) is 3.41. The second kappa shape index (κ2) is 6.10. The number of aromatic nitrogens is 5. The molecule has 0 atom stereocenters. The molecule has 8 nitrogen and oxygen atoms in total. The molecule has 0 amide bonds. The second-order valence-electron chi connectivity index (χ2n) is 6.26. The Kier molecular flexibility index (Phi) is 3.69. The predicted molar refractivity (Wildman–Crippen MR) is 109 cm³/mol. The van der Waals surface area contributed by atoms with Crippen LogP contribution in [-0.4, -0.2) is 36.6 Å². The lowest BCUT2D eigenvalue weighted by atomic mass is 10.3. The number of hydrogen-bond donors (Lipinski definition) is 1. The van der Waals surface area contributed by atoms with Crippen LogP contribution in [0.1, 0.15) is 10.7 Å². The van der Waals surface area contributed by atoms with Gasteiger partial charge in [-0.3, -0.25) is 9.79 Å². The Bertz CT molecular complexity index is 1300. The smallest absolute Gasteiger partial charge is 0.291 e. The number of anilines is 1. The monoisotopic (exact) mass is 397 g/mol. The van der Waals surface area contributed by atoms with Crippen molar-refractivity contribution >= 4 is 54.6 Å². The Hall–Kier alpha value is -2.85. The van der Waals surface area contributed by atoms with E-state index in [-0.39, 0.29) is 12.1 Å². The fraction of sp³-hybridized carbons (Fsp3) is 0.235. The topological polar surface area (TPSA) is 104 Å². The molecule has 0 unspecified atom stereocenters. The van der Waals surface area contributed by atoms with Crippen molar-refractivity contribution < 1.29 is 0 Å². The highest BCUT2D eigenvalue weighted by Crippen LogP contribution is 2.31. The maximum Gasteiger partial charge on any atom is 0.291 e. The summed E-state index contributed by atoms with van der Waals surface area (Å²) in [5, 5.41) is 6.76. The molecule has 0 spiro atoms. The molecule has 2 N–H and O–H groups in total. The van der Waals surface area contributed by atoms with Crippen LogP contribution in [0.3, 0.4) is 0 Å². The first kappa shape index (κ1) is 16.3. The number of rotatable bonds is 4. The van der Waals surface area contributed by atoms with Crippen molar-refractivity contribution in [3.05, 3.63) is 44.9 Å². The van der Waals surface area contributed by atoms with Gasteiger partial charge in [0.15, 0.2) is 5.65 Å². The summed E-state index contributed by atoms with van der Waals surface area (Å²) in [6.07, 6.45) is 6.52. The van der Waals surface area contributed by atoms with Gasteiger partial charge in [0.05, 0.1) is 35.2 Å². The van der Waals surface area contributed by atoms with Gasteiger partial charge < -0.3 is 10.3 Å². The number of fused-ring (bicyclic) bond motifs is 3. The number of aliphatic imine (C=N–C) groups is 1. The van der Waals surface area contributed by atoms with Crippen molar-refractivity contribution in [2.24, 2.45) is 12.0 Å². The van der Waals surface area contributed by atoms with Gasteiger partial charge in [0.25, 0.3) is 5.56 Å². The number of aryl methyl sites for hydroxylation is 1. The van der Waals surface area contributed by atoms with Crippen molar-refractivity contribution in [1.29, 1.82) is 0 Å². The largest absolute Gasteiger partial charge is 0.389 e. The van der Waals surface area contributed by atoms with E-state index >= 15 is 0 Å². The molecule has 0 saturated heterocycles. The summed E-state index contributed by atoms with van der Waals surface area (Å²) in [6, 6.07) is 0. The van der Waals surface area contributed by atoms with Gasteiger partial charge in [0.2, 0.25) is 0 Å². The van der Waals surface area contributed by atoms with Crippen LogP contribution in [0.2, 0.25) is 0 Å². The van der Waals surface area contributed by atoms with E-state index in [0.29, 0.717) is 22.6 Å². The number of nitrogen functional groups attached to an aromatic ring is 1. The van der Waals surface area contributed by atoms with Crippen molar-refractivity contribution in [2.75, 3.05) is 12.3 Å². The molecule has 0 bridgehead atoms. The lowest BCUT2D eigenvalue weighted by Gasteiger charge is -2.04. The minimum Gasteiger partial charge on any atom is -0.389 e. The van der Waals surface area contributed by atoms with Gasteiger partial charge in [0.1, 0.15) is 15.5 Å². The maximum atomic E-state index is 13.0. The zero-order valence-electron chi connectivity index (χ0n) is 14.4. The lowest BCUT2D eigenvalue weighted by Crippen LogP contribution is -2.25. The summed E-state index contributed by atoms with van der Waals surface area (Å²) in [5.74, 6) is 0. The minimum atomic E-state index is -0.169. The number of allylic oxidation sites excluding steroid dienone is 1. The minimum absolute atomic E-state index is 0.169. The van der Waals surface area contributed by atoms with E-state index in [1.807, 2.05) is 23.8 Å². The normalized spacial score (nSPS) is 13.9. The summed E-state index contributed by atoms with van der Waals surface area (Å²) >= 11 is 2.94. The van der Waals surface area contributed by atoms with E-state index in [2.05, 4.69) is 15.1 Å². The fourth-order valence-electron chi connectivity index (χ4n) is 3.24. The van der Waals surface area contributed by atoms with Crippen molar-refractivity contribution in [1.82, 2.24) is 24.3 Å².